The first-order valence-corrected chi connectivity index (χ1v) is 14.5. The van der Waals surface area contributed by atoms with Gasteiger partial charge in [-0.3, -0.25) is 9.79 Å². The lowest BCUT2D eigenvalue weighted by molar-refractivity contribution is -0.120. The number of sulfone groups is 1. The van der Waals surface area contributed by atoms with Gasteiger partial charge in [-0.2, -0.15) is 0 Å². The van der Waals surface area contributed by atoms with Gasteiger partial charge in [0, 0.05) is 17.5 Å². The molecule has 0 aromatic heterocycles. The number of thioether (sulfide) groups is 1. The highest BCUT2D eigenvalue weighted by molar-refractivity contribution is 8.15. The molecule has 35 heavy (non-hydrogen) atoms. The molecule has 2 aromatic carbocycles. The highest BCUT2D eigenvalue weighted by atomic mass is 32.2. The molecule has 188 valence electrons. The second-order valence-corrected chi connectivity index (χ2v) is 11.9. The van der Waals surface area contributed by atoms with Gasteiger partial charge in [0.2, 0.25) is 5.91 Å². The Morgan fingerprint density at radius 2 is 1.74 bits per heavy atom. The molecule has 0 unspecified atom stereocenters. The minimum Gasteiger partial charge on any atom is -0.490 e. The van der Waals surface area contributed by atoms with E-state index in [-0.39, 0.29) is 28.7 Å². The van der Waals surface area contributed by atoms with Gasteiger partial charge in [0.15, 0.2) is 26.5 Å². The highest BCUT2D eigenvalue weighted by Gasteiger charge is 2.42. The standard InChI is InChI=1S/C25H31N3O5S2/c1-3-32-21-10-7-18(13-22(21)33-4-2)11-12-26-24(29)14-17-5-8-19(9-6-17)27-25-28-20-15-35(30,31)16-23(20)34-25/h5-10,13,20,23H,3-4,11-12,14-16H2,1-2H3,(H,26,29)(H,27,28)/t20-,23+/m1/s1. The Balaban J connectivity index is 1.22. The first-order chi connectivity index (χ1) is 16.8. The summed E-state index contributed by atoms with van der Waals surface area (Å²) in [7, 11) is -2.95. The molecule has 10 heteroatoms. The van der Waals surface area contributed by atoms with E-state index in [1.165, 1.54) is 11.8 Å². The van der Waals surface area contributed by atoms with Crippen molar-refractivity contribution in [3.05, 3.63) is 53.6 Å². The summed E-state index contributed by atoms with van der Waals surface area (Å²) in [5.74, 6) is 1.75. The fourth-order valence-corrected chi connectivity index (χ4v) is 7.77. The number of benzene rings is 2. The van der Waals surface area contributed by atoms with E-state index in [1.807, 2.05) is 56.3 Å². The average Bonchev–Trinajstić information content (AvgIpc) is 3.29. The van der Waals surface area contributed by atoms with Crippen LogP contribution in [0.4, 0.5) is 5.69 Å². The van der Waals surface area contributed by atoms with Crippen LogP contribution < -0.4 is 20.1 Å². The Hall–Kier alpha value is -2.72. The monoisotopic (exact) mass is 517 g/mol. The maximum absolute atomic E-state index is 12.4. The van der Waals surface area contributed by atoms with Crippen LogP contribution in [0.2, 0.25) is 0 Å². The van der Waals surface area contributed by atoms with Crippen LogP contribution in [0.3, 0.4) is 0 Å². The number of fused-ring (bicyclic) bond motifs is 1. The molecule has 0 saturated carbocycles. The summed E-state index contributed by atoms with van der Waals surface area (Å²) in [5, 5.41) is 6.99. The van der Waals surface area contributed by atoms with E-state index in [0.29, 0.717) is 32.6 Å². The largest absolute Gasteiger partial charge is 0.490 e. The van der Waals surface area contributed by atoms with Crippen molar-refractivity contribution in [2.45, 2.75) is 38.0 Å². The quantitative estimate of drug-likeness (QED) is 0.499. The number of aliphatic imine (C=N–C) groups is 1. The minimum atomic E-state index is -2.95. The summed E-state index contributed by atoms with van der Waals surface area (Å²) >= 11 is 1.49. The van der Waals surface area contributed by atoms with Crippen molar-refractivity contribution in [3.8, 4) is 11.5 Å². The number of carbonyl (C=O) groups excluding carboxylic acids is 1. The van der Waals surface area contributed by atoms with E-state index in [2.05, 4.69) is 15.6 Å². The summed E-state index contributed by atoms with van der Waals surface area (Å²) < 4.78 is 34.7. The third-order valence-electron chi connectivity index (χ3n) is 5.73. The molecule has 4 rings (SSSR count). The van der Waals surface area contributed by atoms with Crippen molar-refractivity contribution >= 4 is 38.4 Å². The molecule has 8 nitrogen and oxygen atoms in total. The number of hydrogen-bond donors (Lipinski definition) is 2. The van der Waals surface area contributed by atoms with Crippen LogP contribution in [0.1, 0.15) is 25.0 Å². The van der Waals surface area contributed by atoms with Gasteiger partial charge in [-0.25, -0.2) is 8.42 Å². The van der Waals surface area contributed by atoms with E-state index in [1.54, 1.807) is 0 Å². The lowest BCUT2D eigenvalue weighted by Crippen LogP contribution is -2.27. The lowest BCUT2D eigenvalue weighted by Gasteiger charge is -2.13. The first-order valence-electron chi connectivity index (χ1n) is 11.8. The third-order valence-corrected chi connectivity index (χ3v) is 8.87. The zero-order valence-corrected chi connectivity index (χ0v) is 21.6. The van der Waals surface area contributed by atoms with Gasteiger partial charge in [0.1, 0.15) is 0 Å². The predicted octanol–water partition coefficient (Wildman–Crippen LogP) is 3.07. The summed E-state index contributed by atoms with van der Waals surface area (Å²) in [5.41, 5.74) is 2.85. The first kappa shape index (κ1) is 25.4. The number of ether oxygens (including phenoxy) is 2. The van der Waals surface area contributed by atoms with Crippen molar-refractivity contribution in [1.82, 2.24) is 5.32 Å². The molecule has 2 N–H and O–H groups in total. The number of nitrogens with zero attached hydrogens (tertiary/aromatic N) is 1. The van der Waals surface area contributed by atoms with E-state index < -0.39 is 9.84 Å². The molecule has 2 aliphatic rings. The molecule has 1 fully saturated rings. The van der Waals surface area contributed by atoms with Crippen LogP contribution >= 0.6 is 11.8 Å². The fourth-order valence-electron chi connectivity index (χ4n) is 4.09. The molecule has 1 amide bonds. The van der Waals surface area contributed by atoms with Crippen LogP contribution in [0.25, 0.3) is 0 Å². The molecule has 0 aliphatic carbocycles. The molecule has 2 aromatic rings. The summed E-state index contributed by atoms with van der Waals surface area (Å²) in [4.78, 5) is 16.9. The maximum Gasteiger partial charge on any atom is 0.224 e. The van der Waals surface area contributed by atoms with Gasteiger partial charge in [0.05, 0.1) is 37.2 Å². The van der Waals surface area contributed by atoms with Crippen molar-refractivity contribution in [2.75, 3.05) is 36.6 Å². The summed E-state index contributed by atoms with van der Waals surface area (Å²) in [6.07, 6.45) is 0.996. The van der Waals surface area contributed by atoms with E-state index in [9.17, 15) is 13.2 Å². The molecular weight excluding hydrogens is 486 g/mol. The molecule has 0 spiro atoms. The molecular formula is C25H31N3O5S2. The average molecular weight is 518 g/mol. The second-order valence-electron chi connectivity index (χ2n) is 8.48. The topological polar surface area (TPSA) is 106 Å². The van der Waals surface area contributed by atoms with E-state index in [4.69, 9.17) is 9.47 Å². The molecule has 2 atom stereocenters. The SMILES string of the molecule is CCOc1ccc(CCNC(=O)Cc2ccc(NC3=N[C@@H]4CS(=O)(=O)C[C@@H]4S3)cc2)cc1OCC. The van der Waals surface area contributed by atoms with Crippen LogP contribution in [0.5, 0.6) is 11.5 Å². The van der Waals surface area contributed by atoms with Gasteiger partial charge >= 0.3 is 0 Å². The Morgan fingerprint density at radius 1 is 1.03 bits per heavy atom. The van der Waals surface area contributed by atoms with Crippen LogP contribution in [-0.4, -0.2) is 62.0 Å². The van der Waals surface area contributed by atoms with E-state index >= 15 is 0 Å². The lowest BCUT2D eigenvalue weighted by atomic mass is 10.1. The number of carbonyl (C=O) groups is 1. The number of nitrogens with one attached hydrogen (secondary N) is 2. The third kappa shape index (κ3) is 6.91. The minimum absolute atomic E-state index is 0.0128. The number of amides is 1. The van der Waals surface area contributed by atoms with Gasteiger partial charge < -0.3 is 20.1 Å². The number of amidine groups is 1. The highest BCUT2D eigenvalue weighted by Crippen LogP contribution is 2.34. The number of rotatable bonds is 10. The Labute approximate surface area is 210 Å². The Morgan fingerprint density at radius 3 is 2.46 bits per heavy atom. The normalized spacial score (nSPS) is 20.1. The summed E-state index contributed by atoms with van der Waals surface area (Å²) in [6, 6.07) is 13.4. The molecule has 2 heterocycles. The molecule has 0 bridgehead atoms. The zero-order valence-electron chi connectivity index (χ0n) is 20.0. The van der Waals surface area contributed by atoms with Crippen molar-refractivity contribution in [1.29, 1.82) is 0 Å². The van der Waals surface area contributed by atoms with Crippen LogP contribution in [0.15, 0.2) is 47.5 Å². The van der Waals surface area contributed by atoms with Gasteiger partial charge in [-0.05, 0) is 55.7 Å². The number of anilines is 1. The van der Waals surface area contributed by atoms with Gasteiger partial charge in [-0.15, -0.1) is 0 Å². The molecule has 2 aliphatic heterocycles. The van der Waals surface area contributed by atoms with Crippen LogP contribution in [0, 0.1) is 0 Å². The Bertz CT molecular complexity index is 1180. The molecule has 1 saturated heterocycles. The van der Waals surface area contributed by atoms with E-state index in [0.717, 1.165) is 33.5 Å². The maximum atomic E-state index is 12.4. The predicted molar refractivity (Wildman–Crippen MR) is 141 cm³/mol. The second kappa shape index (κ2) is 11.3. The smallest absolute Gasteiger partial charge is 0.224 e. The van der Waals surface area contributed by atoms with Crippen LogP contribution in [-0.2, 0) is 27.5 Å². The van der Waals surface area contributed by atoms with Crippen molar-refractivity contribution < 1.29 is 22.7 Å². The van der Waals surface area contributed by atoms with Gasteiger partial charge in [0.25, 0.3) is 0 Å². The number of hydrogen-bond acceptors (Lipinski definition) is 8. The van der Waals surface area contributed by atoms with Crippen molar-refractivity contribution in [2.24, 2.45) is 4.99 Å². The molecule has 0 radical (unpaired) electrons. The Kier molecular flexibility index (Phi) is 8.22. The zero-order chi connectivity index (χ0) is 24.8. The fraction of sp³-hybridized carbons (Fsp3) is 0.440. The van der Waals surface area contributed by atoms with Gasteiger partial charge in [-0.1, -0.05) is 30.0 Å². The van der Waals surface area contributed by atoms with Crippen molar-refractivity contribution in [3.63, 3.8) is 0 Å². The summed E-state index contributed by atoms with van der Waals surface area (Å²) in [6.45, 7) is 5.55.